The van der Waals surface area contributed by atoms with E-state index in [9.17, 15) is 4.79 Å². The number of nitrogens with zero attached hydrogens (tertiary/aromatic N) is 2. The molecule has 2 unspecified atom stereocenters. The summed E-state index contributed by atoms with van der Waals surface area (Å²) in [6, 6.07) is 1.69. The molecule has 0 aromatic heterocycles. The highest BCUT2D eigenvalue weighted by Gasteiger charge is 2.32. The van der Waals surface area contributed by atoms with Crippen LogP contribution in [0.3, 0.4) is 0 Å². The summed E-state index contributed by atoms with van der Waals surface area (Å²) in [6.45, 7) is 2.61. The van der Waals surface area contributed by atoms with E-state index in [0.717, 1.165) is 19.4 Å². The average Bonchev–Trinajstić information content (AvgIpc) is 2.39. The van der Waals surface area contributed by atoms with Gasteiger partial charge in [0.1, 0.15) is 6.04 Å². The summed E-state index contributed by atoms with van der Waals surface area (Å²) in [6.07, 6.45) is 1.80. The molecule has 5 heteroatoms. The number of carbonyl (C=O) groups excluding carboxylic acids is 1. The van der Waals surface area contributed by atoms with Crippen LogP contribution in [0, 0.1) is 17.2 Å². The van der Waals surface area contributed by atoms with E-state index in [1.54, 1.807) is 4.90 Å². The van der Waals surface area contributed by atoms with Crippen LogP contribution in [0.5, 0.6) is 0 Å². The number of hydrogen-bond donors (Lipinski definition) is 0. The maximum Gasteiger partial charge on any atom is 0.229 e. The number of morpholine rings is 1. The highest BCUT2D eigenvalue weighted by Crippen LogP contribution is 2.19. The lowest BCUT2D eigenvalue weighted by Crippen LogP contribution is -2.51. The molecule has 1 amide bonds. The standard InChI is InChI=1S/C11H16N2O3/c12-6-10-8-16-5-3-13(10)11(14)9-2-1-4-15-7-9/h9-10H,1-5,7-8H2. The summed E-state index contributed by atoms with van der Waals surface area (Å²) >= 11 is 0. The summed E-state index contributed by atoms with van der Waals surface area (Å²) in [5.41, 5.74) is 0. The van der Waals surface area contributed by atoms with E-state index in [0.29, 0.717) is 26.4 Å². The Kier molecular flexibility index (Phi) is 3.75. The lowest BCUT2D eigenvalue weighted by molar-refractivity contribution is -0.146. The first-order valence-corrected chi connectivity index (χ1v) is 5.68. The van der Waals surface area contributed by atoms with Gasteiger partial charge >= 0.3 is 0 Å². The highest BCUT2D eigenvalue weighted by molar-refractivity contribution is 5.79. The van der Waals surface area contributed by atoms with Crippen molar-refractivity contribution in [1.29, 1.82) is 5.26 Å². The van der Waals surface area contributed by atoms with E-state index in [1.807, 2.05) is 0 Å². The van der Waals surface area contributed by atoms with Crippen LogP contribution < -0.4 is 0 Å². The lowest BCUT2D eigenvalue weighted by Gasteiger charge is -2.35. The predicted octanol–water partition coefficient (Wildman–Crippen LogP) is 0.164. The van der Waals surface area contributed by atoms with Gasteiger partial charge in [-0.25, -0.2) is 0 Å². The van der Waals surface area contributed by atoms with Gasteiger partial charge < -0.3 is 14.4 Å². The zero-order valence-corrected chi connectivity index (χ0v) is 9.22. The number of rotatable bonds is 1. The highest BCUT2D eigenvalue weighted by atomic mass is 16.5. The summed E-state index contributed by atoms with van der Waals surface area (Å²) in [4.78, 5) is 13.8. The van der Waals surface area contributed by atoms with Crippen molar-refractivity contribution in [2.24, 2.45) is 5.92 Å². The number of nitriles is 1. The third kappa shape index (κ3) is 2.34. The molecule has 2 atom stereocenters. The van der Waals surface area contributed by atoms with E-state index < -0.39 is 6.04 Å². The smallest absolute Gasteiger partial charge is 0.229 e. The first-order valence-electron chi connectivity index (χ1n) is 5.68. The van der Waals surface area contributed by atoms with E-state index in [2.05, 4.69) is 6.07 Å². The summed E-state index contributed by atoms with van der Waals surface area (Å²) in [5.74, 6) is -0.0164. The summed E-state index contributed by atoms with van der Waals surface area (Å²) in [7, 11) is 0. The molecule has 0 aromatic carbocycles. The maximum atomic E-state index is 12.2. The molecule has 0 N–H and O–H groups in total. The molecule has 88 valence electrons. The Balaban J connectivity index is 1.98. The zero-order valence-electron chi connectivity index (χ0n) is 9.22. The molecule has 2 saturated heterocycles. The normalized spacial score (nSPS) is 30.8. The fourth-order valence-corrected chi connectivity index (χ4v) is 2.14. The van der Waals surface area contributed by atoms with Crippen LogP contribution in [0.15, 0.2) is 0 Å². The van der Waals surface area contributed by atoms with Crippen molar-refractivity contribution in [2.75, 3.05) is 33.0 Å². The van der Waals surface area contributed by atoms with Crippen LogP contribution in [-0.2, 0) is 14.3 Å². The molecule has 16 heavy (non-hydrogen) atoms. The second-order valence-corrected chi connectivity index (χ2v) is 4.17. The van der Waals surface area contributed by atoms with Crippen LogP contribution in [0.4, 0.5) is 0 Å². The Morgan fingerprint density at radius 3 is 2.81 bits per heavy atom. The molecule has 0 bridgehead atoms. The maximum absolute atomic E-state index is 12.2. The van der Waals surface area contributed by atoms with E-state index in [-0.39, 0.29) is 11.8 Å². The molecule has 2 fully saturated rings. The van der Waals surface area contributed by atoms with E-state index in [1.165, 1.54) is 0 Å². The number of hydrogen-bond acceptors (Lipinski definition) is 4. The van der Waals surface area contributed by atoms with Gasteiger partial charge in [0.2, 0.25) is 5.91 Å². The second-order valence-electron chi connectivity index (χ2n) is 4.17. The third-order valence-electron chi connectivity index (χ3n) is 3.07. The SMILES string of the molecule is N#CC1COCCN1C(=O)C1CCCOC1. The molecule has 0 radical (unpaired) electrons. The molecular formula is C11H16N2O3. The third-order valence-corrected chi connectivity index (χ3v) is 3.07. The minimum absolute atomic E-state index is 0.0505. The number of amides is 1. The first kappa shape index (κ1) is 11.4. The number of ether oxygens (including phenoxy) is 2. The summed E-state index contributed by atoms with van der Waals surface area (Å²) < 4.78 is 10.5. The van der Waals surface area contributed by atoms with Crippen LogP contribution in [0.2, 0.25) is 0 Å². The second kappa shape index (κ2) is 5.28. The van der Waals surface area contributed by atoms with Crippen molar-refractivity contribution in [3.63, 3.8) is 0 Å². The van der Waals surface area contributed by atoms with Crippen molar-refractivity contribution < 1.29 is 14.3 Å². The van der Waals surface area contributed by atoms with Gasteiger partial charge in [0.25, 0.3) is 0 Å². The van der Waals surface area contributed by atoms with Gasteiger partial charge in [-0.05, 0) is 12.8 Å². The quantitative estimate of drug-likeness (QED) is 0.636. The molecule has 5 nitrogen and oxygen atoms in total. The molecule has 2 aliphatic heterocycles. The minimum Gasteiger partial charge on any atom is -0.381 e. The van der Waals surface area contributed by atoms with Crippen molar-refractivity contribution in [3.8, 4) is 6.07 Å². The monoisotopic (exact) mass is 224 g/mol. The Morgan fingerprint density at radius 2 is 2.12 bits per heavy atom. The van der Waals surface area contributed by atoms with E-state index >= 15 is 0 Å². The minimum atomic E-state index is -0.428. The fourth-order valence-electron chi connectivity index (χ4n) is 2.14. The van der Waals surface area contributed by atoms with Gasteiger partial charge in [0.05, 0.1) is 31.8 Å². The summed E-state index contributed by atoms with van der Waals surface area (Å²) in [5, 5.41) is 8.95. The van der Waals surface area contributed by atoms with Crippen LogP contribution >= 0.6 is 0 Å². The first-order chi connectivity index (χ1) is 7.83. The molecule has 0 aromatic rings. The Morgan fingerprint density at radius 1 is 1.31 bits per heavy atom. The van der Waals surface area contributed by atoms with Gasteiger partial charge in [0, 0.05) is 13.2 Å². The lowest BCUT2D eigenvalue weighted by atomic mass is 9.99. The van der Waals surface area contributed by atoms with Gasteiger partial charge in [-0.15, -0.1) is 0 Å². The Hall–Kier alpha value is -1.12. The van der Waals surface area contributed by atoms with Crippen molar-refractivity contribution in [2.45, 2.75) is 18.9 Å². The molecule has 2 rings (SSSR count). The topological polar surface area (TPSA) is 62.6 Å². The molecule has 0 aliphatic carbocycles. The molecule has 2 heterocycles. The van der Waals surface area contributed by atoms with E-state index in [4.69, 9.17) is 14.7 Å². The van der Waals surface area contributed by atoms with Gasteiger partial charge in [0.15, 0.2) is 0 Å². The number of carbonyl (C=O) groups is 1. The van der Waals surface area contributed by atoms with Crippen LogP contribution in [0.1, 0.15) is 12.8 Å². The zero-order chi connectivity index (χ0) is 11.4. The molecule has 2 aliphatic rings. The van der Waals surface area contributed by atoms with Crippen LogP contribution in [0.25, 0.3) is 0 Å². The Labute approximate surface area is 94.9 Å². The van der Waals surface area contributed by atoms with Crippen molar-refractivity contribution >= 4 is 5.91 Å². The van der Waals surface area contributed by atoms with Crippen molar-refractivity contribution in [1.82, 2.24) is 4.90 Å². The van der Waals surface area contributed by atoms with Gasteiger partial charge in [-0.1, -0.05) is 0 Å². The van der Waals surface area contributed by atoms with Gasteiger partial charge in [-0.3, -0.25) is 4.79 Å². The molecule has 0 saturated carbocycles. The average molecular weight is 224 g/mol. The molecular weight excluding hydrogens is 208 g/mol. The fraction of sp³-hybridized carbons (Fsp3) is 0.818. The molecule has 0 spiro atoms. The van der Waals surface area contributed by atoms with Gasteiger partial charge in [-0.2, -0.15) is 5.26 Å². The largest absolute Gasteiger partial charge is 0.381 e. The van der Waals surface area contributed by atoms with Crippen molar-refractivity contribution in [3.05, 3.63) is 0 Å². The predicted molar refractivity (Wildman–Crippen MR) is 55.5 cm³/mol. The Bertz CT molecular complexity index is 294. The van der Waals surface area contributed by atoms with Crippen LogP contribution in [-0.4, -0.2) is 49.8 Å².